The molecule has 1 saturated heterocycles. The van der Waals surface area contributed by atoms with Crippen LogP contribution in [-0.4, -0.2) is 46.8 Å². The van der Waals surface area contributed by atoms with Crippen molar-refractivity contribution in [1.29, 1.82) is 0 Å². The van der Waals surface area contributed by atoms with Gasteiger partial charge in [0.05, 0.1) is 18.1 Å². The number of amides is 1. The number of piperazine rings is 1. The normalized spacial score (nSPS) is 15.8. The third kappa shape index (κ3) is 2.33. The monoisotopic (exact) mass is 260 g/mol. The summed E-state index contributed by atoms with van der Waals surface area (Å²) >= 11 is 0. The van der Waals surface area contributed by atoms with E-state index in [9.17, 15) is 4.79 Å². The molecule has 0 saturated carbocycles. The Bertz CT molecular complexity index is 553. The number of carbonyl (C=O) groups is 1. The lowest BCUT2D eigenvalue weighted by molar-refractivity contribution is 0.0714. The van der Waals surface area contributed by atoms with Gasteiger partial charge in [0, 0.05) is 39.4 Å². The number of anilines is 1. The van der Waals surface area contributed by atoms with Gasteiger partial charge in [0.25, 0.3) is 5.91 Å². The average molecular weight is 260 g/mol. The summed E-state index contributed by atoms with van der Waals surface area (Å²) in [6.45, 7) is 3.04. The molecule has 0 atom stereocenters. The summed E-state index contributed by atoms with van der Waals surface area (Å²) < 4.78 is 6.93. The van der Waals surface area contributed by atoms with Gasteiger partial charge in [-0.2, -0.15) is 5.10 Å². The van der Waals surface area contributed by atoms with Crippen molar-refractivity contribution in [3.8, 4) is 0 Å². The van der Waals surface area contributed by atoms with E-state index in [0.717, 1.165) is 18.8 Å². The van der Waals surface area contributed by atoms with Crippen molar-refractivity contribution in [2.24, 2.45) is 7.05 Å². The van der Waals surface area contributed by atoms with E-state index >= 15 is 0 Å². The van der Waals surface area contributed by atoms with Crippen molar-refractivity contribution in [3.05, 3.63) is 36.5 Å². The van der Waals surface area contributed by atoms with Gasteiger partial charge in [-0.3, -0.25) is 9.48 Å². The van der Waals surface area contributed by atoms with Gasteiger partial charge in [-0.1, -0.05) is 0 Å². The number of aryl methyl sites for hydroxylation is 1. The Morgan fingerprint density at radius 3 is 2.68 bits per heavy atom. The molecule has 0 aliphatic carbocycles. The zero-order valence-electron chi connectivity index (χ0n) is 10.8. The summed E-state index contributed by atoms with van der Waals surface area (Å²) in [6.07, 6.45) is 5.37. The van der Waals surface area contributed by atoms with Gasteiger partial charge in [-0.25, -0.2) is 0 Å². The SMILES string of the molecule is Cn1cc(N2CCN(C(=O)c3ccco3)CC2)cn1. The lowest BCUT2D eigenvalue weighted by atomic mass is 10.2. The highest BCUT2D eigenvalue weighted by Gasteiger charge is 2.24. The fraction of sp³-hybridized carbons (Fsp3) is 0.385. The molecule has 0 unspecified atom stereocenters. The van der Waals surface area contributed by atoms with Crippen molar-refractivity contribution in [2.45, 2.75) is 0 Å². The van der Waals surface area contributed by atoms with E-state index in [4.69, 9.17) is 4.42 Å². The van der Waals surface area contributed by atoms with Gasteiger partial charge < -0.3 is 14.2 Å². The zero-order valence-corrected chi connectivity index (χ0v) is 10.8. The smallest absolute Gasteiger partial charge is 0.289 e. The van der Waals surface area contributed by atoms with E-state index in [1.165, 1.54) is 6.26 Å². The van der Waals surface area contributed by atoms with Crippen molar-refractivity contribution >= 4 is 11.6 Å². The van der Waals surface area contributed by atoms with Crippen LogP contribution in [0, 0.1) is 0 Å². The first-order valence-electron chi connectivity index (χ1n) is 6.30. The molecule has 0 aromatic carbocycles. The Balaban J connectivity index is 1.62. The summed E-state index contributed by atoms with van der Waals surface area (Å²) in [7, 11) is 1.90. The first-order chi connectivity index (χ1) is 9.24. The number of aromatic nitrogens is 2. The number of nitrogens with zero attached hydrogens (tertiary/aromatic N) is 4. The Morgan fingerprint density at radius 2 is 2.11 bits per heavy atom. The predicted octanol–water partition coefficient (Wildman–Crippen LogP) is 0.976. The molecule has 0 bridgehead atoms. The second-order valence-corrected chi connectivity index (χ2v) is 4.63. The Morgan fingerprint density at radius 1 is 1.32 bits per heavy atom. The lowest BCUT2D eigenvalue weighted by Crippen LogP contribution is -2.48. The predicted molar refractivity (Wildman–Crippen MR) is 70.0 cm³/mol. The fourth-order valence-electron chi connectivity index (χ4n) is 2.30. The summed E-state index contributed by atoms with van der Waals surface area (Å²) in [4.78, 5) is 16.2. The van der Waals surface area contributed by atoms with Gasteiger partial charge in [0.1, 0.15) is 0 Å². The van der Waals surface area contributed by atoms with Crippen LogP contribution in [-0.2, 0) is 7.05 Å². The van der Waals surface area contributed by atoms with Crippen LogP contribution < -0.4 is 4.90 Å². The van der Waals surface area contributed by atoms with Gasteiger partial charge in [-0.15, -0.1) is 0 Å². The minimum absolute atomic E-state index is 0.0316. The van der Waals surface area contributed by atoms with E-state index < -0.39 is 0 Å². The van der Waals surface area contributed by atoms with Crippen LogP contribution >= 0.6 is 0 Å². The maximum atomic E-state index is 12.1. The van der Waals surface area contributed by atoms with E-state index in [-0.39, 0.29) is 5.91 Å². The number of carbonyl (C=O) groups excluding carboxylic acids is 1. The summed E-state index contributed by atoms with van der Waals surface area (Å²) in [5, 5.41) is 4.17. The molecule has 1 amide bonds. The van der Waals surface area contributed by atoms with Crippen molar-refractivity contribution in [1.82, 2.24) is 14.7 Å². The highest BCUT2D eigenvalue weighted by atomic mass is 16.3. The second-order valence-electron chi connectivity index (χ2n) is 4.63. The third-order valence-corrected chi connectivity index (χ3v) is 3.36. The van der Waals surface area contributed by atoms with Gasteiger partial charge >= 0.3 is 0 Å². The lowest BCUT2D eigenvalue weighted by Gasteiger charge is -2.34. The van der Waals surface area contributed by atoms with Crippen LogP contribution in [0.3, 0.4) is 0 Å². The molecule has 0 spiro atoms. The van der Waals surface area contributed by atoms with Crippen LogP contribution in [0.5, 0.6) is 0 Å². The Kier molecular flexibility index (Phi) is 2.98. The molecule has 3 heterocycles. The molecule has 1 aliphatic heterocycles. The maximum Gasteiger partial charge on any atom is 0.289 e. The molecule has 6 heteroatoms. The van der Waals surface area contributed by atoms with Gasteiger partial charge in [0.2, 0.25) is 0 Å². The van der Waals surface area contributed by atoms with Crippen LogP contribution in [0.4, 0.5) is 5.69 Å². The van der Waals surface area contributed by atoms with Crippen molar-refractivity contribution in [3.63, 3.8) is 0 Å². The topological polar surface area (TPSA) is 54.5 Å². The first kappa shape index (κ1) is 11.8. The van der Waals surface area contributed by atoms with Crippen LogP contribution in [0.25, 0.3) is 0 Å². The average Bonchev–Trinajstić information content (AvgIpc) is 3.09. The third-order valence-electron chi connectivity index (χ3n) is 3.36. The van der Waals surface area contributed by atoms with Gasteiger partial charge in [0.15, 0.2) is 5.76 Å². The molecule has 2 aromatic rings. The number of hydrogen-bond acceptors (Lipinski definition) is 4. The Hall–Kier alpha value is -2.24. The summed E-state index contributed by atoms with van der Waals surface area (Å²) in [5.74, 6) is 0.380. The summed E-state index contributed by atoms with van der Waals surface area (Å²) in [6, 6.07) is 3.44. The molecular weight excluding hydrogens is 244 g/mol. The molecule has 6 nitrogen and oxygen atoms in total. The molecule has 1 aliphatic rings. The molecular formula is C13H16N4O2. The molecule has 2 aromatic heterocycles. The molecule has 3 rings (SSSR count). The fourth-order valence-corrected chi connectivity index (χ4v) is 2.30. The molecule has 100 valence electrons. The largest absolute Gasteiger partial charge is 0.459 e. The van der Waals surface area contributed by atoms with Crippen LogP contribution in [0.1, 0.15) is 10.6 Å². The minimum atomic E-state index is -0.0316. The molecule has 19 heavy (non-hydrogen) atoms. The van der Waals surface area contributed by atoms with Crippen LogP contribution in [0.2, 0.25) is 0 Å². The maximum absolute atomic E-state index is 12.1. The quantitative estimate of drug-likeness (QED) is 0.807. The van der Waals surface area contributed by atoms with E-state index in [1.54, 1.807) is 16.8 Å². The minimum Gasteiger partial charge on any atom is -0.459 e. The van der Waals surface area contributed by atoms with E-state index in [2.05, 4.69) is 10.00 Å². The van der Waals surface area contributed by atoms with Gasteiger partial charge in [-0.05, 0) is 12.1 Å². The standard InChI is InChI=1S/C13H16N4O2/c1-15-10-11(9-14-15)16-4-6-17(7-5-16)13(18)12-3-2-8-19-12/h2-3,8-10H,4-7H2,1H3. The zero-order chi connectivity index (χ0) is 13.2. The van der Waals surface area contributed by atoms with Crippen LogP contribution in [0.15, 0.2) is 35.2 Å². The number of rotatable bonds is 2. The first-order valence-corrected chi connectivity index (χ1v) is 6.30. The molecule has 1 fully saturated rings. The summed E-state index contributed by atoms with van der Waals surface area (Å²) in [5.41, 5.74) is 1.10. The van der Waals surface area contributed by atoms with E-state index in [0.29, 0.717) is 18.8 Å². The Labute approximate surface area is 111 Å². The van der Waals surface area contributed by atoms with Crippen molar-refractivity contribution < 1.29 is 9.21 Å². The number of furan rings is 1. The second kappa shape index (κ2) is 4.79. The number of hydrogen-bond donors (Lipinski definition) is 0. The molecule has 0 radical (unpaired) electrons. The van der Waals surface area contributed by atoms with Crippen molar-refractivity contribution in [2.75, 3.05) is 31.1 Å². The highest BCUT2D eigenvalue weighted by Crippen LogP contribution is 2.16. The molecule has 0 N–H and O–H groups in total. The highest BCUT2D eigenvalue weighted by molar-refractivity contribution is 5.91. The van der Waals surface area contributed by atoms with E-state index in [1.807, 2.05) is 24.3 Å².